The van der Waals surface area contributed by atoms with Crippen molar-refractivity contribution in [2.24, 2.45) is 0 Å². The predicted octanol–water partition coefficient (Wildman–Crippen LogP) is 36.4. The second-order valence-corrected chi connectivity index (χ2v) is 32.3. The summed E-state index contributed by atoms with van der Waals surface area (Å²) in [7, 11) is 0. The Morgan fingerprint density at radius 2 is 0.667 bits per heavy atom. The van der Waals surface area contributed by atoms with Crippen LogP contribution in [0.25, 0.3) is 75.7 Å². The maximum absolute atomic E-state index is 5.88. The molecule has 0 amide bonds. The van der Waals surface area contributed by atoms with E-state index in [1.54, 1.807) is 18.7 Å². The number of hydrogen-bond acceptors (Lipinski definition) is 9. The first-order chi connectivity index (χ1) is 65.7. The van der Waals surface area contributed by atoms with Crippen LogP contribution >= 0.6 is 0 Å². The number of nitrogens with two attached hydrogens (primary N) is 2. The number of unbranched alkanes of at least 4 members (excludes halogenated alkanes) is 6. The van der Waals surface area contributed by atoms with E-state index in [2.05, 4.69) is 355 Å². The fraction of sp³-hybridized carbons (Fsp3) is 0.320. The number of nitrogen functional groups attached to an aromatic ring is 2. The van der Waals surface area contributed by atoms with Crippen LogP contribution in [0.2, 0.25) is 0 Å². The minimum absolute atomic E-state index is 0.590. The van der Waals surface area contributed by atoms with Gasteiger partial charge in [-0.1, -0.05) is 455 Å². The molecule has 0 aliphatic heterocycles. The van der Waals surface area contributed by atoms with Crippen LogP contribution in [0.15, 0.2) is 353 Å². The Kier molecular flexibility index (Phi) is 66.8. The number of aromatic nitrogens is 8. The molecule has 0 atom stereocenters. The number of imidazole rings is 1. The van der Waals surface area contributed by atoms with E-state index in [0.29, 0.717) is 5.82 Å². The molecule has 5 N–H and O–H groups in total. The summed E-state index contributed by atoms with van der Waals surface area (Å²) >= 11 is 0. The largest absolute Gasteiger partial charge is 0.398 e. The fourth-order valence-corrected chi connectivity index (χ4v) is 11.8. The lowest BCUT2D eigenvalue weighted by atomic mass is 10.0. The minimum atomic E-state index is 0.590. The summed E-state index contributed by atoms with van der Waals surface area (Å²) in [5.74, 6) is 0.590. The molecule has 7 heterocycles. The van der Waals surface area contributed by atoms with Gasteiger partial charge in [-0.2, -0.15) is 0 Å². The molecular formula is C125H166N10. The number of pyridine rings is 6. The average molecular weight is 1810 g/mol. The molecule has 11 aromatic carbocycles. The molecule has 18 aromatic rings. The van der Waals surface area contributed by atoms with Gasteiger partial charge in [-0.05, 0) is 199 Å². The summed E-state index contributed by atoms with van der Waals surface area (Å²) in [6.45, 7) is 49.3. The van der Waals surface area contributed by atoms with Crippen molar-refractivity contribution in [1.29, 1.82) is 0 Å². The van der Waals surface area contributed by atoms with Crippen LogP contribution in [0.4, 0.5) is 11.5 Å². The Morgan fingerprint density at radius 3 is 1.15 bits per heavy atom. The van der Waals surface area contributed by atoms with Gasteiger partial charge in [-0.15, -0.1) is 0 Å². The van der Waals surface area contributed by atoms with E-state index in [0.717, 1.165) is 65.9 Å². The van der Waals surface area contributed by atoms with Crippen molar-refractivity contribution in [3.05, 3.63) is 415 Å². The molecule has 0 radical (unpaired) electrons. The summed E-state index contributed by atoms with van der Waals surface area (Å²) in [6.07, 6.45) is 37.8. The number of nitrogens with one attached hydrogen (secondary N) is 1. The lowest BCUT2D eigenvalue weighted by Gasteiger charge is -2.06. The smallest absolute Gasteiger partial charge is 0.123 e. The van der Waals surface area contributed by atoms with Gasteiger partial charge in [0.25, 0.3) is 0 Å². The zero-order valence-corrected chi connectivity index (χ0v) is 86.8. The van der Waals surface area contributed by atoms with Crippen LogP contribution in [-0.2, 0) is 32.1 Å². The van der Waals surface area contributed by atoms with Crippen molar-refractivity contribution < 1.29 is 0 Å². The molecule has 0 spiro atoms. The van der Waals surface area contributed by atoms with Crippen LogP contribution in [-0.4, -0.2) is 39.9 Å². The maximum atomic E-state index is 5.88. The lowest BCUT2D eigenvalue weighted by Crippen LogP contribution is -1.90. The third-order valence-corrected chi connectivity index (χ3v) is 21.3. The van der Waals surface area contributed by atoms with Crippen molar-refractivity contribution in [3.63, 3.8) is 0 Å². The second-order valence-electron chi connectivity index (χ2n) is 32.3. The number of H-pyrrole nitrogens is 1. The number of para-hydroxylation sites is 2. The molecule has 0 unspecified atom stereocenters. The summed E-state index contributed by atoms with van der Waals surface area (Å²) in [5, 5.41) is 15.3. The van der Waals surface area contributed by atoms with Crippen molar-refractivity contribution >= 4 is 87.2 Å². The zero-order chi connectivity index (χ0) is 99.3. The highest BCUT2D eigenvalue weighted by molar-refractivity contribution is 5.95. The average Bonchev–Trinajstić information content (AvgIpc) is 1.58. The van der Waals surface area contributed by atoms with Gasteiger partial charge in [0, 0.05) is 93.9 Å². The summed E-state index contributed by atoms with van der Waals surface area (Å²) in [5.41, 5.74) is 28.2. The number of benzene rings is 11. The Bertz CT molecular complexity index is 5530. The van der Waals surface area contributed by atoms with E-state index >= 15 is 0 Å². The topological polar surface area (TPSA) is 158 Å². The molecule has 0 fully saturated rings. The number of fused-ring (bicyclic) bond motifs is 7. The third kappa shape index (κ3) is 50.0. The number of anilines is 2. The Hall–Kier alpha value is -13.1. The molecule has 0 aliphatic rings. The number of aryl methyl sites for hydroxylation is 11. The first kappa shape index (κ1) is 118. The first-order valence-corrected chi connectivity index (χ1v) is 49.7. The highest BCUT2D eigenvalue weighted by atomic mass is 14.9. The minimum Gasteiger partial charge on any atom is -0.398 e. The quantitative estimate of drug-likeness (QED) is 0.107. The number of rotatable bonds is 11. The van der Waals surface area contributed by atoms with E-state index in [9.17, 15) is 0 Å². The second kappa shape index (κ2) is 76.4. The van der Waals surface area contributed by atoms with Crippen LogP contribution < -0.4 is 11.5 Å². The molecule has 0 aliphatic carbocycles. The molecule has 0 bridgehead atoms. The maximum Gasteiger partial charge on any atom is 0.123 e. The SMILES string of the molecule is CCCC.CCCC.CCCC.CCCC.CCCC.CCCC.CCc1ccc(C)cc1.CCc1ccc(N)c2ccccc12.CCc1ccc(N)nc1.CCc1cnc(C)c2ccccc12.CCc1cncc2ccccc12.Cc1cccc2ccccc12.Cc1ccccc1.Cc1ccccn1.Cc1nccc2ccccc12.c1ccc2[nH]cnc2c1.c1ccc2cnccc2c1. The molecule has 10 heteroatoms. The van der Waals surface area contributed by atoms with Gasteiger partial charge in [-0.25, -0.2) is 9.97 Å². The van der Waals surface area contributed by atoms with Crippen molar-refractivity contribution in [2.75, 3.05) is 11.5 Å². The van der Waals surface area contributed by atoms with E-state index in [4.69, 9.17) is 11.5 Å². The van der Waals surface area contributed by atoms with E-state index < -0.39 is 0 Å². The molecular weight excluding hydrogens is 1640 g/mol. The Morgan fingerprint density at radius 1 is 0.237 bits per heavy atom. The van der Waals surface area contributed by atoms with Gasteiger partial charge in [0.1, 0.15) is 5.82 Å². The van der Waals surface area contributed by atoms with Gasteiger partial charge in [0.05, 0.1) is 17.4 Å². The van der Waals surface area contributed by atoms with Gasteiger partial charge in [-0.3, -0.25) is 24.9 Å². The summed E-state index contributed by atoms with van der Waals surface area (Å²) in [6, 6.07) is 101. The normalized spacial score (nSPS) is 9.56. The monoisotopic (exact) mass is 1810 g/mol. The highest BCUT2D eigenvalue weighted by Crippen LogP contribution is 2.26. The van der Waals surface area contributed by atoms with Gasteiger partial charge >= 0.3 is 0 Å². The number of hydrogen-bond donors (Lipinski definition) is 3. The molecule has 716 valence electrons. The number of nitrogens with zero attached hydrogens (tertiary/aromatic N) is 7. The zero-order valence-electron chi connectivity index (χ0n) is 86.8. The fourth-order valence-electron chi connectivity index (χ4n) is 11.8. The summed E-state index contributed by atoms with van der Waals surface area (Å²) in [4.78, 5) is 31.8. The van der Waals surface area contributed by atoms with Crippen molar-refractivity contribution in [1.82, 2.24) is 39.9 Å². The van der Waals surface area contributed by atoms with Gasteiger partial charge < -0.3 is 16.5 Å². The first-order valence-electron chi connectivity index (χ1n) is 49.7. The Labute approximate surface area is 816 Å². The lowest BCUT2D eigenvalue weighted by molar-refractivity contribution is 0.886. The molecule has 7 aromatic heterocycles. The van der Waals surface area contributed by atoms with Crippen LogP contribution in [0, 0.1) is 41.5 Å². The molecule has 18 rings (SSSR count). The third-order valence-electron chi connectivity index (χ3n) is 21.3. The number of aromatic amines is 1. The molecule has 0 saturated heterocycles. The van der Waals surface area contributed by atoms with Crippen LogP contribution in [0.5, 0.6) is 0 Å². The summed E-state index contributed by atoms with van der Waals surface area (Å²) < 4.78 is 0. The van der Waals surface area contributed by atoms with E-state index in [1.165, 1.54) is 186 Å². The van der Waals surface area contributed by atoms with E-state index in [-0.39, 0.29) is 0 Å². The van der Waals surface area contributed by atoms with Crippen LogP contribution in [0.3, 0.4) is 0 Å². The van der Waals surface area contributed by atoms with Gasteiger partial charge in [0.2, 0.25) is 0 Å². The molecule has 135 heavy (non-hydrogen) atoms. The van der Waals surface area contributed by atoms with Crippen molar-refractivity contribution in [3.8, 4) is 0 Å². The van der Waals surface area contributed by atoms with E-state index in [1.807, 2.05) is 178 Å². The molecule has 10 nitrogen and oxygen atoms in total. The standard InChI is InChI=1S/2C12H13N.C11H11N.C11H10.C10H9N.C9H7N.C9H12.C7H6N2.C7H10N2.C7H8.C6H7N.6C4H10/c1-3-10-8-13-9(2)11-6-4-5-7-12(10)11;1-2-9-7-8-12(13)11-6-4-3-5-10(9)11;1-2-9-7-12-8-10-5-3-4-6-11(9)10;1-9-5-4-7-10-6-2-3-8-11(9)10;1-8-10-5-3-2-4-9(10)6-7-11-8;1-2-4-9-7-10-6-5-8(9)3-1;1-3-9-6-4-8(2)5-7-9;1-2-4-7-6(3-1)8-5-9-7;1-2-6-3-4-7(8)9-5-6;1-7-5-3-2-4-6-7;1-6-4-2-3-5-7-6;6*1-3-4-2/h4-8H,3H2,1-2H3;3-8H,2,13H2,1H3;3-8H,2H2,1H3;2-8H,1H3;2-7H,1H3;1-7H;4-7H,3H2,1-2H3;1-5H,(H,8,9);3-5H,2H2,1H3,(H2,8,9);2-6H,1H3;2-5H,1H3;6*3-4H2,1-2H3. The van der Waals surface area contributed by atoms with Crippen molar-refractivity contribution in [2.45, 2.75) is 268 Å². The molecule has 0 saturated carbocycles. The Balaban J connectivity index is 0.000000492. The predicted molar refractivity (Wildman–Crippen MR) is 600 cm³/mol. The van der Waals surface area contributed by atoms with Gasteiger partial charge in [0.15, 0.2) is 0 Å². The highest BCUT2D eigenvalue weighted by Gasteiger charge is 2.04. The van der Waals surface area contributed by atoms with Crippen LogP contribution in [0.1, 0.15) is 256 Å².